The maximum absolute atomic E-state index is 11.7. The standard InChI is InChI=1S/C16H28N2O/c1-3-5-10-17-11-6-16(7-12-17)8-13-18(14-9-16)15(19)4-2/h3,5H,4,6-14H2,1-2H3/b5-3-. The van der Waals surface area contributed by atoms with Crippen LogP contribution in [0.1, 0.15) is 46.0 Å². The molecule has 3 heteroatoms. The van der Waals surface area contributed by atoms with Crippen LogP contribution < -0.4 is 0 Å². The molecule has 108 valence electrons. The SMILES string of the molecule is C/C=C\CN1CCC2(CC1)CCN(C(=O)CC)CC2. The molecule has 2 aliphatic rings. The third-order valence-electron chi connectivity index (χ3n) is 5.00. The molecule has 0 bridgehead atoms. The normalized spacial score (nSPS) is 24.2. The van der Waals surface area contributed by atoms with E-state index in [1.165, 1.54) is 38.8 Å². The van der Waals surface area contributed by atoms with Crippen LogP contribution in [0.2, 0.25) is 0 Å². The summed E-state index contributed by atoms with van der Waals surface area (Å²) in [5.41, 5.74) is 0.539. The summed E-state index contributed by atoms with van der Waals surface area (Å²) in [6, 6.07) is 0. The molecule has 2 aliphatic heterocycles. The fraction of sp³-hybridized carbons (Fsp3) is 0.812. The Morgan fingerprint density at radius 2 is 1.68 bits per heavy atom. The lowest BCUT2D eigenvalue weighted by molar-refractivity contribution is -0.133. The number of piperidine rings is 2. The van der Waals surface area contributed by atoms with Crippen molar-refractivity contribution in [3.8, 4) is 0 Å². The van der Waals surface area contributed by atoms with Crippen LogP contribution in [0.15, 0.2) is 12.2 Å². The van der Waals surface area contributed by atoms with Crippen LogP contribution in [-0.4, -0.2) is 48.4 Å². The Balaban J connectivity index is 1.79. The van der Waals surface area contributed by atoms with Gasteiger partial charge in [0.05, 0.1) is 0 Å². The lowest BCUT2D eigenvalue weighted by Gasteiger charge is -2.46. The number of hydrogen-bond acceptors (Lipinski definition) is 2. The number of amides is 1. The molecule has 1 amide bonds. The van der Waals surface area contributed by atoms with Crippen molar-refractivity contribution in [1.29, 1.82) is 0 Å². The van der Waals surface area contributed by atoms with Gasteiger partial charge in [-0.1, -0.05) is 19.1 Å². The van der Waals surface area contributed by atoms with Crippen molar-refractivity contribution in [2.24, 2.45) is 5.41 Å². The van der Waals surface area contributed by atoms with E-state index in [1.807, 2.05) is 6.92 Å². The largest absolute Gasteiger partial charge is 0.343 e. The van der Waals surface area contributed by atoms with E-state index in [0.29, 0.717) is 17.7 Å². The van der Waals surface area contributed by atoms with E-state index in [9.17, 15) is 4.79 Å². The molecule has 0 aromatic carbocycles. The lowest BCUT2D eigenvalue weighted by Crippen LogP contribution is -2.48. The molecule has 0 unspecified atom stereocenters. The second-order valence-corrected chi connectivity index (χ2v) is 6.10. The van der Waals surface area contributed by atoms with Gasteiger partial charge in [-0.3, -0.25) is 9.69 Å². The van der Waals surface area contributed by atoms with Crippen molar-refractivity contribution in [3.63, 3.8) is 0 Å². The molecule has 0 aliphatic carbocycles. The molecule has 2 rings (SSSR count). The Hall–Kier alpha value is -0.830. The molecular formula is C16H28N2O. The fourth-order valence-electron chi connectivity index (χ4n) is 3.42. The van der Waals surface area contributed by atoms with E-state index in [0.717, 1.165) is 19.6 Å². The van der Waals surface area contributed by atoms with Gasteiger partial charge in [-0.15, -0.1) is 0 Å². The molecule has 2 fully saturated rings. The number of likely N-dealkylation sites (tertiary alicyclic amines) is 2. The van der Waals surface area contributed by atoms with E-state index in [-0.39, 0.29) is 0 Å². The maximum atomic E-state index is 11.7. The summed E-state index contributed by atoms with van der Waals surface area (Å²) >= 11 is 0. The predicted octanol–water partition coefficient (Wildman–Crippen LogP) is 2.68. The number of rotatable bonds is 3. The van der Waals surface area contributed by atoms with E-state index in [1.54, 1.807) is 0 Å². The minimum atomic E-state index is 0.334. The number of nitrogens with zero attached hydrogens (tertiary/aromatic N) is 2. The molecule has 1 spiro atoms. The minimum absolute atomic E-state index is 0.334. The van der Waals surface area contributed by atoms with Crippen molar-refractivity contribution >= 4 is 5.91 Å². The van der Waals surface area contributed by atoms with Crippen LogP contribution in [0, 0.1) is 5.41 Å². The molecule has 2 heterocycles. The van der Waals surface area contributed by atoms with Gasteiger partial charge in [0.1, 0.15) is 0 Å². The average Bonchev–Trinajstić information content (AvgIpc) is 2.47. The first-order chi connectivity index (χ1) is 9.19. The highest BCUT2D eigenvalue weighted by atomic mass is 16.2. The third-order valence-corrected chi connectivity index (χ3v) is 5.00. The van der Waals surface area contributed by atoms with Crippen LogP contribution in [0.5, 0.6) is 0 Å². The molecule has 3 nitrogen and oxygen atoms in total. The van der Waals surface area contributed by atoms with Crippen LogP contribution in [0.4, 0.5) is 0 Å². The molecule has 2 saturated heterocycles. The molecular weight excluding hydrogens is 236 g/mol. The Labute approximate surface area is 117 Å². The summed E-state index contributed by atoms with van der Waals surface area (Å²) in [5, 5.41) is 0. The second kappa shape index (κ2) is 6.56. The number of carbonyl (C=O) groups excluding carboxylic acids is 1. The monoisotopic (exact) mass is 264 g/mol. The fourth-order valence-corrected chi connectivity index (χ4v) is 3.42. The highest BCUT2D eigenvalue weighted by molar-refractivity contribution is 5.75. The maximum Gasteiger partial charge on any atom is 0.222 e. The van der Waals surface area contributed by atoms with Crippen LogP contribution in [-0.2, 0) is 4.79 Å². The Morgan fingerprint density at radius 1 is 1.11 bits per heavy atom. The number of hydrogen-bond donors (Lipinski definition) is 0. The first-order valence-electron chi connectivity index (χ1n) is 7.80. The summed E-state index contributed by atoms with van der Waals surface area (Å²) in [4.78, 5) is 16.3. The van der Waals surface area contributed by atoms with Crippen molar-refractivity contribution in [2.45, 2.75) is 46.0 Å². The van der Waals surface area contributed by atoms with Gasteiger partial charge < -0.3 is 4.90 Å². The Kier molecular flexibility index (Phi) is 5.03. The van der Waals surface area contributed by atoms with Crippen molar-refractivity contribution < 1.29 is 4.79 Å². The van der Waals surface area contributed by atoms with Gasteiger partial charge in [0, 0.05) is 26.1 Å². The Bertz CT molecular complexity index is 320. The summed E-state index contributed by atoms with van der Waals surface area (Å²) in [7, 11) is 0. The third kappa shape index (κ3) is 3.59. The number of carbonyl (C=O) groups is 1. The molecule has 0 aromatic heterocycles. The van der Waals surface area contributed by atoms with E-state index < -0.39 is 0 Å². The second-order valence-electron chi connectivity index (χ2n) is 6.10. The quantitative estimate of drug-likeness (QED) is 0.732. The van der Waals surface area contributed by atoms with Gasteiger partial charge in [0.25, 0.3) is 0 Å². The zero-order valence-corrected chi connectivity index (χ0v) is 12.5. The summed E-state index contributed by atoms with van der Waals surface area (Å²) in [5.74, 6) is 0.334. The molecule has 0 saturated carbocycles. The number of allylic oxidation sites excluding steroid dienone is 1. The smallest absolute Gasteiger partial charge is 0.222 e. The van der Waals surface area contributed by atoms with Crippen LogP contribution in [0.25, 0.3) is 0 Å². The highest BCUT2D eigenvalue weighted by Crippen LogP contribution is 2.41. The van der Waals surface area contributed by atoms with E-state index >= 15 is 0 Å². The first kappa shape index (κ1) is 14.6. The highest BCUT2D eigenvalue weighted by Gasteiger charge is 2.37. The Morgan fingerprint density at radius 3 is 2.21 bits per heavy atom. The zero-order chi connectivity index (χ0) is 13.7. The van der Waals surface area contributed by atoms with Gasteiger partial charge in [-0.25, -0.2) is 0 Å². The molecule has 0 atom stereocenters. The molecule has 0 aromatic rings. The van der Waals surface area contributed by atoms with Crippen LogP contribution in [0.3, 0.4) is 0 Å². The topological polar surface area (TPSA) is 23.6 Å². The molecule has 0 radical (unpaired) electrons. The van der Waals surface area contributed by atoms with E-state index in [2.05, 4.69) is 28.9 Å². The van der Waals surface area contributed by atoms with Gasteiger partial charge in [-0.05, 0) is 51.1 Å². The van der Waals surface area contributed by atoms with Crippen molar-refractivity contribution in [2.75, 3.05) is 32.7 Å². The zero-order valence-electron chi connectivity index (χ0n) is 12.5. The molecule has 0 N–H and O–H groups in total. The summed E-state index contributed by atoms with van der Waals surface area (Å²) < 4.78 is 0. The molecule has 19 heavy (non-hydrogen) atoms. The van der Waals surface area contributed by atoms with Crippen LogP contribution >= 0.6 is 0 Å². The van der Waals surface area contributed by atoms with Gasteiger partial charge in [0.15, 0.2) is 0 Å². The van der Waals surface area contributed by atoms with Crippen molar-refractivity contribution in [1.82, 2.24) is 9.80 Å². The van der Waals surface area contributed by atoms with Gasteiger partial charge in [0.2, 0.25) is 5.91 Å². The average molecular weight is 264 g/mol. The first-order valence-corrected chi connectivity index (χ1v) is 7.80. The predicted molar refractivity (Wildman–Crippen MR) is 79.0 cm³/mol. The summed E-state index contributed by atoms with van der Waals surface area (Å²) in [6.45, 7) is 9.59. The van der Waals surface area contributed by atoms with Gasteiger partial charge in [-0.2, -0.15) is 0 Å². The van der Waals surface area contributed by atoms with E-state index in [4.69, 9.17) is 0 Å². The summed E-state index contributed by atoms with van der Waals surface area (Å²) in [6.07, 6.45) is 10.1. The minimum Gasteiger partial charge on any atom is -0.343 e. The lowest BCUT2D eigenvalue weighted by atomic mass is 9.71. The van der Waals surface area contributed by atoms with Gasteiger partial charge >= 0.3 is 0 Å². The van der Waals surface area contributed by atoms with Crippen molar-refractivity contribution in [3.05, 3.63) is 12.2 Å².